The van der Waals surface area contributed by atoms with E-state index in [1.54, 1.807) is 24.1 Å². The zero-order chi connectivity index (χ0) is 13.1. The van der Waals surface area contributed by atoms with Crippen molar-refractivity contribution in [1.82, 2.24) is 0 Å². The minimum Gasteiger partial charge on any atom is -0.327 e. The maximum atomic E-state index is 12.8. The Kier molecular flexibility index (Phi) is 3.97. The van der Waals surface area contributed by atoms with E-state index >= 15 is 0 Å². The van der Waals surface area contributed by atoms with Crippen molar-refractivity contribution in [3.63, 3.8) is 0 Å². The lowest BCUT2D eigenvalue weighted by atomic mass is 9.84. The normalized spacial score (nSPS) is 23.7. The third-order valence-corrected chi connectivity index (χ3v) is 3.68. The maximum absolute atomic E-state index is 12.8. The van der Waals surface area contributed by atoms with Gasteiger partial charge in [0.05, 0.1) is 5.92 Å². The summed E-state index contributed by atoms with van der Waals surface area (Å²) in [6.45, 7) is 0. The van der Waals surface area contributed by atoms with E-state index in [2.05, 4.69) is 0 Å². The SMILES string of the molecule is CN(C(=O)C1CCCCC1N)c1ccc(F)cc1. The molecule has 1 fully saturated rings. The molecule has 1 aromatic carbocycles. The molecule has 0 heterocycles. The quantitative estimate of drug-likeness (QED) is 0.875. The van der Waals surface area contributed by atoms with Crippen LogP contribution in [0.25, 0.3) is 0 Å². The van der Waals surface area contributed by atoms with Crippen LogP contribution in [-0.4, -0.2) is 19.0 Å². The molecule has 0 spiro atoms. The van der Waals surface area contributed by atoms with Crippen LogP contribution in [0.4, 0.5) is 10.1 Å². The van der Waals surface area contributed by atoms with Gasteiger partial charge in [0.15, 0.2) is 0 Å². The van der Waals surface area contributed by atoms with Gasteiger partial charge in [0.1, 0.15) is 5.82 Å². The van der Waals surface area contributed by atoms with E-state index in [1.807, 2.05) is 0 Å². The highest BCUT2D eigenvalue weighted by atomic mass is 19.1. The average molecular weight is 250 g/mol. The first-order valence-electron chi connectivity index (χ1n) is 6.38. The van der Waals surface area contributed by atoms with Crippen molar-refractivity contribution in [2.45, 2.75) is 31.7 Å². The second-order valence-corrected chi connectivity index (χ2v) is 4.93. The molecule has 0 radical (unpaired) electrons. The number of carbonyl (C=O) groups is 1. The fourth-order valence-electron chi connectivity index (χ4n) is 2.51. The number of anilines is 1. The predicted octanol–water partition coefficient (Wildman–Crippen LogP) is 2.31. The lowest BCUT2D eigenvalue weighted by Crippen LogP contribution is -2.44. The summed E-state index contributed by atoms with van der Waals surface area (Å²) >= 11 is 0. The lowest BCUT2D eigenvalue weighted by molar-refractivity contribution is -0.123. The molecule has 18 heavy (non-hydrogen) atoms. The number of hydrogen-bond donors (Lipinski definition) is 1. The fourth-order valence-corrected chi connectivity index (χ4v) is 2.51. The summed E-state index contributed by atoms with van der Waals surface area (Å²) < 4.78 is 12.8. The predicted molar refractivity (Wildman–Crippen MR) is 69.7 cm³/mol. The molecule has 2 rings (SSSR count). The second-order valence-electron chi connectivity index (χ2n) is 4.93. The van der Waals surface area contributed by atoms with Gasteiger partial charge < -0.3 is 10.6 Å². The van der Waals surface area contributed by atoms with Crippen molar-refractivity contribution in [1.29, 1.82) is 0 Å². The Balaban J connectivity index is 2.10. The van der Waals surface area contributed by atoms with Gasteiger partial charge in [-0.15, -0.1) is 0 Å². The van der Waals surface area contributed by atoms with Crippen molar-refractivity contribution in [3.8, 4) is 0 Å². The number of halogens is 1. The monoisotopic (exact) mass is 250 g/mol. The molecule has 0 bridgehead atoms. The van der Waals surface area contributed by atoms with E-state index in [9.17, 15) is 9.18 Å². The topological polar surface area (TPSA) is 46.3 Å². The number of hydrogen-bond acceptors (Lipinski definition) is 2. The van der Waals surface area contributed by atoms with Crippen LogP contribution in [0.15, 0.2) is 24.3 Å². The van der Waals surface area contributed by atoms with Crippen molar-refractivity contribution in [3.05, 3.63) is 30.1 Å². The van der Waals surface area contributed by atoms with E-state index < -0.39 is 0 Å². The molecular formula is C14H19FN2O. The summed E-state index contributed by atoms with van der Waals surface area (Å²) in [5.74, 6) is -0.364. The molecule has 0 aliphatic heterocycles. The van der Waals surface area contributed by atoms with Gasteiger partial charge in [-0.3, -0.25) is 4.79 Å². The summed E-state index contributed by atoms with van der Waals surface area (Å²) in [6, 6.07) is 5.90. The van der Waals surface area contributed by atoms with Gasteiger partial charge in [-0.2, -0.15) is 0 Å². The van der Waals surface area contributed by atoms with E-state index in [1.165, 1.54) is 12.1 Å². The van der Waals surface area contributed by atoms with E-state index in [0.717, 1.165) is 25.7 Å². The number of carbonyl (C=O) groups excluding carboxylic acids is 1. The molecule has 1 aliphatic rings. The second kappa shape index (κ2) is 5.48. The van der Waals surface area contributed by atoms with Crippen LogP contribution >= 0.6 is 0 Å². The Morgan fingerprint density at radius 2 is 1.89 bits per heavy atom. The van der Waals surface area contributed by atoms with Gasteiger partial charge in [-0.25, -0.2) is 4.39 Å². The Bertz CT molecular complexity index is 418. The lowest BCUT2D eigenvalue weighted by Gasteiger charge is -2.31. The molecule has 98 valence electrons. The van der Waals surface area contributed by atoms with E-state index in [-0.39, 0.29) is 23.7 Å². The molecule has 2 atom stereocenters. The van der Waals surface area contributed by atoms with Gasteiger partial charge in [0.25, 0.3) is 0 Å². The van der Waals surface area contributed by atoms with Crippen LogP contribution in [0.5, 0.6) is 0 Å². The zero-order valence-corrected chi connectivity index (χ0v) is 10.6. The number of rotatable bonds is 2. The average Bonchev–Trinajstić information content (AvgIpc) is 2.38. The van der Waals surface area contributed by atoms with Crippen molar-refractivity contribution >= 4 is 11.6 Å². The zero-order valence-electron chi connectivity index (χ0n) is 10.6. The third kappa shape index (κ3) is 2.70. The van der Waals surface area contributed by atoms with Gasteiger partial charge in [-0.05, 0) is 37.1 Å². The number of nitrogens with zero attached hydrogens (tertiary/aromatic N) is 1. The number of nitrogens with two attached hydrogens (primary N) is 1. The van der Waals surface area contributed by atoms with Crippen LogP contribution in [0.1, 0.15) is 25.7 Å². The molecule has 0 saturated heterocycles. The Morgan fingerprint density at radius 3 is 2.50 bits per heavy atom. The Labute approximate surface area is 107 Å². The first kappa shape index (κ1) is 13.0. The highest BCUT2D eigenvalue weighted by molar-refractivity contribution is 5.95. The smallest absolute Gasteiger partial charge is 0.231 e. The summed E-state index contributed by atoms with van der Waals surface area (Å²) in [5, 5.41) is 0. The number of benzene rings is 1. The molecule has 0 aromatic heterocycles. The first-order valence-corrected chi connectivity index (χ1v) is 6.38. The molecule has 1 aromatic rings. The highest BCUT2D eigenvalue weighted by Gasteiger charge is 2.30. The molecule has 2 unspecified atom stereocenters. The first-order chi connectivity index (χ1) is 8.59. The molecular weight excluding hydrogens is 231 g/mol. The van der Waals surface area contributed by atoms with Crippen LogP contribution in [0.2, 0.25) is 0 Å². The fraction of sp³-hybridized carbons (Fsp3) is 0.500. The summed E-state index contributed by atoms with van der Waals surface area (Å²) in [5.41, 5.74) is 6.72. The molecule has 2 N–H and O–H groups in total. The third-order valence-electron chi connectivity index (χ3n) is 3.68. The van der Waals surface area contributed by atoms with Crippen LogP contribution in [0.3, 0.4) is 0 Å². The van der Waals surface area contributed by atoms with Crippen LogP contribution in [-0.2, 0) is 4.79 Å². The Hall–Kier alpha value is -1.42. The molecule has 1 amide bonds. The van der Waals surface area contributed by atoms with Crippen LogP contribution in [0, 0.1) is 11.7 Å². The van der Waals surface area contributed by atoms with Gasteiger partial charge in [0, 0.05) is 18.8 Å². The minimum atomic E-state index is -0.297. The van der Waals surface area contributed by atoms with Crippen molar-refractivity contribution in [2.24, 2.45) is 11.7 Å². The number of amides is 1. The molecule has 1 saturated carbocycles. The summed E-state index contributed by atoms with van der Waals surface area (Å²) in [6.07, 6.45) is 3.92. The van der Waals surface area contributed by atoms with Gasteiger partial charge >= 0.3 is 0 Å². The van der Waals surface area contributed by atoms with Gasteiger partial charge in [0.2, 0.25) is 5.91 Å². The van der Waals surface area contributed by atoms with E-state index in [4.69, 9.17) is 5.73 Å². The summed E-state index contributed by atoms with van der Waals surface area (Å²) in [4.78, 5) is 13.9. The largest absolute Gasteiger partial charge is 0.327 e. The van der Waals surface area contributed by atoms with Gasteiger partial charge in [-0.1, -0.05) is 12.8 Å². The molecule has 3 nitrogen and oxygen atoms in total. The molecule has 4 heteroatoms. The Morgan fingerprint density at radius 1 is 1.28 bits per heavy atom. The van der Waals surface area contributed by atoms with Crippen LogP contribution < -0.4 is 10.6 Å². The van der Waals surface area contributed by atoms with E-state index in [0.29, 0.717) is 5.69 Å². The molecule has 1 aliphatic carbocycles. The maximum Gasteiger partial charge on any atom is 0.231 e. The standard InChI is InChI=1S/C14H19FN2O/c1-17(11-8-6-10(15)7-9-11)14(18)12-4-2-3-5-13(12)16/h6-9,12-13H,2-5,16H2,1H3. The van der Waals surface area contributed by atoms with Crippen molar-refractivity contribution < 1.29 is 9.18 Å². The minimum absolute atomic E-state index is 0.0359. The summed E-state index contributed by atoms with van der Waals surface area (Å²) in [7, 11) is 1.72. The van der Waals surface area contributed by atoms with Crippen molar-refractivity contribution in [2.75, 3.05) is 11.9 Å². The highest BCUT2D eigenvalue weighted by Crippen LogP contribution is 2.26.